The van der Waals surface area contributed by atoms with Crippen LogP contribution in [0.1, 0.15) is 35.1 Å². The molecule has 0 unspecified atom stereocenters. The number of nitrogens with two attached hydrogens (primary N) is 1. The normalized spacial score (nSPS) is 15.9. The van der Waals surface area contributed by atoms with Gasteiger partial charge in [-0.15, -0.1) is 0 Å². The lowest BCUT2D eigenvalue weighted by Crippen LogP contribution is -2.25. The number of nitriles is 1. The number of ether oxygens (including phenoxy) is 3. The molecule has 0 saturated heterocycles. The molecule has 0 aromatic heterocycles. The SMILES string of the molecule is COC(=O)C1=C(C)OC(N)=C(C#N)[C@H]1c1cc(COc2ccccc2Br)c(C)cc1C. The number of para-hydroxylation sites is 1. The molecular formula is C24H23BrN2O4. The van der Waals surface area contributed by atoms with E-state index in [2.05, 4.69) is 22.0 Å². The number of hydrogen-bond acceptors (Lipinski definition) is 6. The summed E-state index contributed by atoms with van der Waals surface area (Å²) in [6, 6.07) is 13.7. The van der Waals surface area contributed by atoms with E-state index >= 15 is 0 Å². The molecular weight excluding hydrogens is 460 g/mol. The first-order valence-corrected chi connectivity index (χ1v) is 10.4. The summed E-state index contributed by atoms with van der Waals surface area (Å²) in [6.45, 7) is 5.89. The molecule has 1 heterocycles. The number of rotatable bonds is 5. The van der Waals surface area contributed by atoms with Crippen molar-refractivity contribution in [2.45, 2.75) is 33.3 Å². The van der Waals surface area contributed by atoms with Crippen LogP contribution in [0, 0.1) is 25.2 Å². The van der Waals surface area contributed by atoms with E-state index in [9.17, 15) is 10.1 Å². The molecule has 2 N–H and O–H groups in total. The second-order valence-electron chi connectivity index (χ2n) is 7.24. The fourth-order valence-corrected chi connectivity index (χ4v) is 4.07. The quantitative estimate of drug-likeness (QED) is 0.608. The highest BCUT2D eigenvalue weighted by Gasteiger charge is 2.37. The third-order valence-corrected chi connectivity index (χ3v) is 5.92. The zero-order chi connectivity index (χ0) is 22.7. The third kappa shape index (κ3) is 4.44. The van der Waals surface area contributed by atoms with Gasteiger partial charge in [-0.05, 0) is 71.1 Å². The van der Waals surface area contributed by atoms with Crippen molar-refractivity contribution >= 4 is 21.9 Å². The van der Waals surface area contributed by atoms with Crippen LogP contribution in [0.15, 0.2) is 63.7 Å². The van der Waals surface area contributed by atoms with Gasteiger partial charge in [0.15, 0.2) is 0 Å². The van der Waals surface area contributed by atoms with Crippen LogP contribution in [0.25, 0.3) is 0 Å². The van der Waals surface area contributed by atoms with E-state index in [1.165, 1.54) is 7.11 Å². The van der Waals surface area contributed by atoms with E-state index in [4.69, 9.17) is 19.9 Å². The van der Waals surface area contributed by atoms with E-state index in [0.29, 0.717) is 12.4 Å². The number of aryl methyl sites for hydroxylation is 2. The number of hydrogen-bond donors (Lipinski definition) is 1. The summed E-state index contributed by atoms with van der Waals surface area (Å²) in [4.78, 5) is 12.6. The van der Waals surface area contributed by atoms with Crippen molar-refractivity contribution in [3.63, 3.8) is 0 Å². The molecule has 1 atom stereocenters. The van der Waals surface area contributed by atoms with Gasteiger partial charge in [-0.1, -0.05) is 24.3 Å². The first-order valence-electron chi connectivity index (χ1n) is 9.62. The fraction of sp³-hybridized carbons (Fsp3) is 0.250. The van der Waals surface area contributed by atoms with Crippen LogP contribution in [-0.2, 0) is 20.9 Å². The number of carbonyl (C=O) groups excluding carboxylic acids is 1. The minimum absolute atomic E-state index is 0.0105. The number of allylic oxidation sites excluding steroid dienone is 2. The van der Waals surface area contributed by atoms with Crippen LogP contribution in [0.5, 0.6) is 5.75 Å². The Balaban J connectivity index is 2.08. The summed E-state index contributed by atoms with van der Waals surface area (Å²) in [5.74, 6) is -0.214. The molecule has 0 amide bonds. The van der Waals surface area contributed by atoms with Gasteiger partial charge < -0.3 is 19.9 Å². The van der Waals surface area contributed by atoms with Gasteiger partial charge in [-0.25, -0.2) is 4.79 Å². The molecule has 0 saturated carbocycles. The molecule has 1 aliphatic rings. The zero-order valence-corrected chi connectivity index (χ0v) is 19.4. The van der Waals surface area contributed by atoms with Crippen molar-refractivity contribution in [2.75, 3.05) is 7.11 Å². The zero-order valence-electron chi connectivity index (χ0n) is 17.8. The van der Waals surface area contributed by atoms with Crippen LogP contribution in [-0.4, -0.2) is 13.1 Å². The van der Waals surface area contributed by atoms with Crippen LogP contribution in [0.4, 0.5) is 0 Å². The summed E-state index contributed by atoms with van der Waals surface area (Å²) in [5.41, 5.74) is 10.1. The van der Waals surface area contributed by atoms with Gasteiger partial charge in [0, 0.05) is 0 Å². The standard InChI is InChI=1S/C24H23BrN2O4/c1-13-9-14(2)17(10-16(13)12-30-20-8-6-5-7-19(20)25)22-18(11-26)23(27)31-15(3)21(22)24(28)29-4/h5-10,22H,12,27H2,1-4H3/t22-/m1/s1. The maximum atomic E-state index is 12.6. The lowest BCUT2D eigenvalue weighted by atomic mass is 9.80. The van der Waals surface area contributed by atoms with Crippen molar-refractivity contribution in [2.24, 2.45) is 5.73 Å². The molecule has 0 fully saturated rings. The number of benzene rings is 2. The second kappa shape index (κ2) is 9.27. The molecule has 0 bridgehead atoms. The summed E-state index contributed by atoms with van der Waals surface area (Å²) < 4.78 is 17.3. The van der Waals surface area contributed by atoms with Crippen molar-refractivity contribution in [1.82, 2.24) is 0 Å². The molecule has 1 aliphatic heterocycles. The molecule has 160 valence electrons. The number of methoxy groups -OCH3 is 1. The molecule has 3 rings (SSSR count). The Morgan fingerprint density at radius 2 is 1.94 bits per heavy atom. The number of carbonyl (C=O) groups is 1. The maximum Gasteiger partial charge on any atom is 0.338 e. The smallest absolute Gasteiger partial charge is 0.338 e. The van der Waals surface area contributed by atoms with E-state index < -0.39 is 11.9 Å². The van der Waals surface area contributed by atoms with Crippen molar-refractivity contribution < 1.29 is 19.0 Å². The minimum Gasteiger partial charge on any atom is -0.488 e. The highest BCUT2D eigenvalue weighted by atomic mass is 79.9. The average molecular weight is 483 g/mol. The number of nitrogens with zero attached hydrogens (tertiary/aromatic N) is 1. The highest BCUT2D eigenvalue weighted by molar-refractivity contribution is 9.10. The van der Waals surface area contributed by atoms with Gasteiger partial charge in [0.05, 0.1) is 23.1 Å². The van der Waals surface area contributed by atoms with E-state index in [-0.39, 0.29) is 17.0 Å². The third-order valence-electron chi connectivity index (χ3n) is 5.27. The highest BCUT2D eigenvalue weighted by Crippen LogP contribution is 2.41. The first kappa shape index (κ1) is 22.4. The van der Waals surface area contributed by atoms with Crippen molar-refractivity contribution in [3.05, 3.63) is 85.9 Å². The summed E-state index contributed by atoms with van der Waals surface area (Å²) >= 11 is 3.49. The molecule has 0 radical (unpaired) electrons. The molecule has 2 aromatic carbocycles. The Bertz CT molecular complexity index is 1140. The summed E-state index contributed by atoms with van der Waals surface area (Å²) in [5, 5.41) is 9.78. The Labute approximate surface area is 190 Å². The molecule has 7 heteroatoms. The predicted octanol–water partition coefficient (Wildman–Crippen LogP) is 4.90. The van der Waals surface area contributed by atoms with Crippen LogP contribution in [0.3, 0.4) is 0 Å². The number of esters is 1. The van der Waals surface area contributed by atoms with Crippen LogP contribution >= 0.6 is 15.9 Å². The molecule has 0 aliphatic carbocycles. The van der Waals surface area contributed by atoms with Crippen LogP contribution < -0.4 is 10.5 Å². The second-order valence-corrected chi connectivity index (χ2v) is 8.09. The van der Waals surface area contributed by atoms with E-state index in [0.717, 1.165) is 32.5 Å². The van der Waals surface area contributed by atoms with Crippen molar-refractivity contribution in [1.29, 1.82) is 5.26 Å². The molecule has 6 nitrogen and oxygen atoms in total. The maximum absolute atomic E-state index is 12.6. The van der Waals surface area contributed by atoms with Gasteiger partial charge in [0.1, 0.15) is 29.8 Å². The average Bonchev–Trinajstić information content (AvgIpc) is 2.73. The topological polar surface area (TPSA) is 94.6 Å². The lowest BCUT2D eigenvalue weighted by molar-refractivity contribution is -0.136. The Hall–Kier alpha value is -3.24. The van der Waals surface area contributed by atoms with Gasteiger partial charge in [0.25, 0.3) is 0 Å². The molecule has 0 spiro atoms. The fourth-order valence-electron chi connectivity index (χ4n) is 3.67. The van der Waals surface area contributed by atoms with E-state index in [1.807, 2.05) is 50.2 Å². The number of halogens is 1. The van der Waals surface area contributed by atoms with Gasteiger partial charge in [-0.2, -0.15) is 5.26 Å². The Morgan fingerprint density at radius 3 is 2.58 bits per heavy atom. The monoisotopic (exact) mass is 482 g/mol. The van der Waals surface area contributed by atoms with Gasteiger partial charge in [-0.3, -0.25) is 0 Å². The first-order chi connectivity index (χ1) is 14.8. The van der Waals surface area contributed by atoms with Gasteiger partial charge in [0.2, 0.25) is 5.88 Å². The lowest BCUT2D eigenvalue weighted by Gasteiger charge is -2.28. The Morgan fingerprint density at radius 1 is 1.23 bits per heavy atom. The van der Waals surface area contributed by atoms with Crippen molar-refractivity contribution in [3.8, 4) is 11.8 Å². The molecule has 31 heavy (non-hydrogen) atoms. The van der Waals surface area contributed by atoms with Gasteiger partial charge >= 0.3 is 5.97 Å². The minimum atomic E-state index is -0.686. The van der Waals surface area contributed by atoms with Crippen LogP contribution in [0.2, 0.25) is 0 Å². The summed E-state index contributed by atoms with van der Waals surface area (Å²) in [7, 11) is 1.30. The summed E-state index contributed by atoms with van der Waals surface area (Å²) in [6.07, 6.45) is 0. The molecule has 2 aromatic rings. The predicted molar refractivity (Wildman–Crippen MR) is 120 cm³/mol. The largest absolute Gasteiger partial charge is 0.488 e. The Kier molecular flexibility index (Phi) is 6.71. The van der Waals surface area contributed by atoms with E-state index in [1.54, 1.807) is 6.92 Å².